The summed E-state index contributed by atoms with van der Waals surface area (Å²) >= 11 is 0. The molecule has 0 radical (unpaired) electrons. The first kappa shape index (κ1) is 12.7. The molecule has 4 amide bonds. The van der Waals surface area contributed by atoms with Crippen LogP contribution in [0.2, 0.25) is 0 Å². The average Bonchev–Trinajstić information content (AvgIpc) is 3.06. The molecule has 6 heteroatoms. The summed E-state index contributed by atoms with van der Waals surface area (Å²) in [4.78, 5) is 38.5. The molecule has 1 unspecified atom stereocenters. The van der Waals surface area contributed by atoms with E-state index in [0.717, 1.165) is 0 Å². The summed E-state index contributed by atoms with van der Waals surface area (Å²) in [6.07, 6.45) is 0.637. The highest BCUT2D eigenvalue weighted by Crippen LogP contribution is 2.20. The molecule has 2 aliphatic rings. The highest BCUT2D eigenvalue weighted by Gasteiger charge is 2.39. The molecular formula is C14H15N3O3. The van der Waals surface area contributed by atoms with Crippen molar-refractivity contribution in [2.24, 2.45) is 0 Å². The predicted octanol–water partition coefficient (Wildman–Crippen LogP) is 0.453. The summed E-state index contributed by atoms with van der Waals surface area (Å²) in [5.74, 6) is -0.269. The number of likely N-dealkylation sites (tertiary alicyclic amines) is 1. The van der Waals surface area contributed by atoms with Crippen LogP contribution < -0.4 is 5.32 Å². The van der Waals surface area contributed by atoms with E-state index in [0.29, 0.717) is 25.1 Å². The van der Waals surface area contributed by atoms with Gasteiger partial charge in [0.15, 0.2) is 0 Å². The van der Waals surface area contributed by atoms with Crippen molar-refractivity contribution in [1.82, 2.24) is 15.1 Å². The Morgan fingerprint density at radius 1 is 1.20 bits per heavy atom. The molecule has 2 saturated heterocycles. The lowest BCUT2D eigenvalue weighted by atomic mass is 10.2. The smallest absolute Gasteiger partial charge is 0.324 e. The first-order chi connectivity index (χ1) is 9.66. The van der Waals surface area contributed by atoms with Crippen molar-refractivity contribution >= 4 is 17.8 Å². The number of rotatable bonds is 2. The zero-order valence-corrected chi connectivity index (χ0v) is 10.9. The predicted molar refractivity (Wildman–Crippen MR) is 71.0 cm³/mol. The van der Waals surface area contributed by atoms with E-state index in [-0.39, 0.29) is 30.4 Å². The molecule has 2 aliphatic heterocycles. The molecular weight excluding hydrogens is 258 g/mol. The largest absolute Gasteiger partial charge is 0.336 e. The molecule has 0 aliphatic carbocycles. The van der Waals surface area contributed by atoms with Crippen LogP contribution in [0.1, 0.15) is 16.8 Å². The second-order valence-corrected chi connectivity index (χ2v) is 4.98. The van der Waals surface area contributed by atoms with Crippen molar-refractivity contribution in [2.45, 2.75) is 12.5 Å². The average molecular weight is 273 g/mol. The molecule has 1 N–H and O–H groups in total. The highest BCUT2D eigenvalue weighted by molar-refractivity contribution is 6.02. The minimum atomic E-state index is -0.353. The Balaban J connectivity index is 1.69. The monoisotopic (exact) mass is 273 g/mol. The van der Waals surface area contributed by atoms with Gasteiger partial charge >= 0.3 is 6.03 Å². The van der Waals surface area contributed by atoms with E-state index in [9.17, 15) is 14.4 Å². The summed E-state index contributed by atoms with van der Waals surface area (Å²) in [5.41, 5.74) is 0.630. The van der Waals surface area contributed by atoms with E-state index in [1.807, 2.05) is 18.2 Å². The van der Waals surface area contributed by atoms with E-state index in [4.69, 9.17) is 0 Å². The molecule has 1 aromatic rings. The number of nitrogens with one attached hydrogen (secondary N) is 1. The molecule has 0 bridgehead atoms. The van der Waals surface area contributed by atoms with Gasteiger partial charge in [0.25, 0.3) is 5.91 Å². The van der Waals surface area contributed by atoms with Crippen molar-refractivity contribution in [1.29, 1.82) is 0 Å². The number of urea groups is 1. The molecule has 2 fully saturated rings. The summed E-state index contributed by atoms with van der Waals surface area (Å²) in [6.45, 7) is 1.03. The Morgan fingerprint density at radius 2 is 1.95 bits per heavy atom. The first-order valence-corrected chi connectivity index (χ1v) is 6.61. The molecule has 6 nitrogen and oxygen atoms in total. The maximum atomic E-state index is 12.3. The molecule has 0 spiro atoms. The van der Waals surface area contributed by atoms with Gasteiger partial charge in [-0.1, -0.05) is 18.2 Å². The number of hydrogen-bond acceptors (Lipinski definition) is 3. The van der Waals surface area contributed by atoms with Gasteiger partial charge < -0.3 is 10.2 Å². The van der Waals surface area contributed by atoms with Crippen molar-refractivity contribution < 1.29 is 14.4 Å². The Labute approximate surface area is 116 Å². The van der Waals surface area contributed by atoms with Crippen LogP contribution in [0, 0.1) is 0 Å². The fraction of sp³-hybridized carbons (Fsp3) is 0.357. The van der Waals surface area contributed by atoms with Crippen LogP contribution in [0.25, 0.3) is 0 Å². The van der Waals surface area contributed by atoms with E-state index in [1.165, 1.54) is 4.90 Å². The lowest BCUT2D eigenvalue weighted by Gasteiger charge is -2.21. The second kappa shape index (κ2) is 4.96. The van der Waals surface area contributed by atoms with E-state index in [1.54, 1.807) is 17.0 Å². The van der Waals surface area contributed by atoms with Gasteiger partial charge in [0, 0.05) is 18.7 Å². The highest BCUT2D eigenvalue weighted by atomic mass is 16.2. The van der Waals surface area contributed by atoms with Gasteiger partial charge in [0.1, 0.15) is 0 Å². The Hall–Kier alpha value is -2.37. The topological polar surface area (TPSA) is 69.7 Å². The normalized spacial score (nSPS) is 22.3. The third kappa shape index (κ3) is 2.13. The molecule has 1 atom stereocenters. The van der Waals surface area contributed by atoms with E-state index in [2.05, 4.69) is 5.32 Å². The van der Waals surface area contributed by atoms with Gasteiger partial charge in [-0.2, -0.15) is 0 Å². The molecule has 1 aromatic carbocycles. The maximum Gasteiger partial charge on any atom is 0.324 e. The number of hydrogen-bond donors (Lipinski definition) is 1. The van der Waals surface area contributed by atoms with Crippen LogP contribution in [-0.4, -0.2) is 53.3 Å². The van der Waals surface area contributed by atoms with Gasteiger partial charge in [-0.15, -0.1) is 0 Å². The van der Waals surface area contributed by atoms with Gasteiger partial charge in [0.2, 0.25) is 5.91 Å². The summed E-state index contributed by atoms with van der Waals surface area (Å²) < 4.78 is 0. The quantitative estimate of drug-likeness (QED) is 0.796. The van der Waals surface area contributed by atoms with Crippen molar-refractivity contribution in [2.75, 3.05) is 19.6 Å². The summed E-state index contributed by atoms with van der Waals surface area (Å²) in [7, 11) is 0. The standard InChI is InChI=1S/C14H15N3O3/c18-12-8-15-14(20)17(12)11-6-7-16(9-11)13(19)10-4-2-1-3-5-10/h1-5,11H,6-9H2,(H,15,20). The maximum absolute atomic E-state index is 12.3. The van der Waals surface area contributed by atoms with Gasteiger partial charge in [-0.3, -0.25) is 14.5 Å². The molecule has 104 valence electrons. The third-order valence-corrected chi connectivity index (χ3v) is 3.71. The molecule has 0 aromatic heterocycles. The summed E-state index contributed by atoms with van der Waals surface area (Å²) in [5, 5.41) is 2.51. The minimum absolute atomic E-state index is 0.0554. The Kier molecular flexibility index (Phi) is 3.14. The van der Waals surface area contributed by atoms with Gasteiger partial charge in [-0.05, 0) is 18.6 Å². The van der Waals surface area contributed by atoms with Crippen LogP contribution in [0.15, 0.2) is 30.3 Å². The van der Waals surface area contributed by atoms with Crippen LogP contribution >= 0.6 is 0 Å². The number of amides is 4. The third-order valence-electron chi connectivity index (χ3n) is 3.71. The fourth-order valence-corrected chi connectivity index (χ4v) is 2.70. The zero-order valence-electron chi connectivity index (χ0n) is 10.9. The van der Waals surface area contributed by atoms with E-state index < -0.39 is 0 Å². The zero-order chi connectivity index (χ0) is 14.1. The fourth-order valence-electron chi connectivity index (χ4n) is 2.70. The van der Waals surface area contributed by atoms with Crippen LogP contribution in [0.5, 0.6) is 0 Å². The number of nitrogens with zero attached hydrogens (tertiary/aromatic N) is 2. The Bertz CT molecular complexity index is 542. The van der Waals surface area contributed by atoms with Gasteiger partial charge in [0.05, 0.1) is 12.6 Å². The number of carbonyl (C=O) groups excluding carboxylic acids is 3. The van der Waals surface area contributed by atoms with E-state index >= 15 is 0 Å². The number of carbonyl (C=O) groups is 3. The lowest BCUT2D eigenvalue weighted by Crippen LogP contribution is -2.42. The van der Waals surface area contributed by atoms with Crippen molar-refractivity contribution in [3.8, 4) is 0 Å². The van der Waals surface area contributed by atoms with Crippen LogP contribution in [0.4, 0.5) is 4.79 Å². The second-order valence-electron chi connectivity index (χ2n) is 4.98. The summed E-state index contributed by atoms with van der Waals surface area (Å²) in [6, 6.07) is 8.46. The minimum Gasteiger partial charge on any atom is -0.336 e. The Morgan fingerprint density at radius 3 is 2.60 bits per heavy atom. The SMILES string of the molecule is O=C(c1ccccc1)N1CCC(N2C(=O)CNC2=O)C1. The van der Waals surface area contributed by atoms with Gasteiger partial charge in [-0.25, -0.2) is 4.79 Å². The van der Waals surface area contributed by atoms with Crippen molar-refractivity contribution in [3.05, 3.63) is 35.9 Å². The first-order valence-electron chi connectivity index (χ1n) is 6.61. The molecule has 2 heterocycles. The molecule has 0 saturated carbocycles. The van der Waals surface area contributed by atoms with Crippen LogP contribution in [-0.2, 0) is 4.79 Å². The lowest BCUT2D eigenvalue weighted by molar-refractivity contribution is -0.126. The van der Waals surface area contributed by atoms with Crippen molar-refractivity contribution in [3.63, 3.8) is 0 Å². The number of imide groups is 1. The molecule has 20 heavy (non-hydrogen) atoms. The number of benzene rings is 1. The van der Waals surface area contributed by atoms with Crippen LogP contribution in [0.3, 0.4) is 0 Å². The molecule has 3 rings (SSSR count).